The smallest absolute Gasteiger partial charge is 0.233 e. The minimum Gasteiger partial charge on any atom is -0.387 e. The molecule has 21 heavy (non-hydrogen) atoms. The van der Waals surface area contributed by atoms with Gasteiger partial charge in [-0.15, -0.1) is 0 Å². The average Bonchev–Trinajstić information content (AvgIpc) is 3.27. The summed E-state index contributed by atoms with van der Waals surface area (Å²) in [6.45, 7) is 0.0542. The van der Waals surface area contributed by atoms with Crippen molar-refractivity contribution < 1.29 is 14.7 Å². The number of fused-ring (bicyclic) bond motifs is 2. The predicted molar refractivity (Wildman–Crippen MR) is 77.2 cm³/mol. The van der Waals surface area contributed by atoms with E-state index in [1.54, 1.807) is 0 Å². The zero-order valence-electron chi connectivity index (χ0n) is 11.4. The van der Waals surface area contributed by atoms with Crippen LogP contribution in [0.3, 0.4) is 0 Å². The van der Waals surface area contributed by atoms with Crippen LogP contribution in [0.1, 0.15) is 18.1 Å². The topological polar surface area (TPSA) is 57.6 Å². The van der Waals surface area contributed by atoms with Gasteiger partial charge >= 0.3 is 0 Å². The van der Waals surface area contributed by atoms with Crippen LogP contribution in [-0.2, 0) is 9.59 Å². The van der Waals surface area contributed by atoms with Crippen molar-refractivity contribution in [1.29, 1.82) is 0 Å². The molecule has 3 unspecified atom stereocenters. The molecule has 4 rings (SSSR count). The first-order valence-electron chi connectivity index (χ1n) is 7.18. The van der Waals surface area contributed by atoms with Crippen LogP contribution in [0.5, 0.6) is 0 Å². The van der Waals surface area contributed by atoms with Crippen LogP contribution in [0.15, 0.2) is 42.5 Å². The van der Waals surface area contributed by atoms with Crippen LogP contribution in [0.2, 0.25) is 0 Å². The summed E-state index contributed by atoms with van der Waals surface area (Å²) >= 11 is 0. The van der Waals surface area contributed by atoms with Crippen LogP contribution >= 0.6 is 0 Å². The van der Waals surface area contributed by atoms with E-state index in [-0.39, 0.29) is 30.2 Å². The minimum absolute atomic E-state index is 0.0542. The summed E-state index contributed by atoms with van der Waals surface area (Å²) in [5.74, 6) is -0.469. The molecule has 1 saturated carbocycles. The number of aliphatic hydroxyl groups is 1. The number of β-amino-alcohol motifs (C(OH)–C–C–N with tert-alkyl or cyclic N) is 1. The molecule has 0 bridgehead atoms. The van der Waals surface area contributed by atoms with Gasteiger partial charge in [0.15, 0.2) is 0 Å². The molecular formula is C17H15NO3. The highest BCUT2D eigenvalue weighted by Gasteiger charge is 2.58. The summed E-state index contributed by atoms with van der Waals surface area (Å²) in [6, 6.07) is 13.5. The number of rotatable bonds is 3. The van der Waals surface area contributed by atoms with Gasteiger partial charge in [0.2, 0.25) is 11.8 Å². The molecule has 1 aliphatic carbocycles. The van der Waals surface area contributed by atoms with Crippen molar-refractivity contribution in [2.45, 2.75) is 12.5 Å². The van der Waals surface area contributed by atoms with Crippen molar-refractivity contribution in [3.8, 4) is 0 Å². The highest BCUT2D eigenvalue weighted by Crippen LogP contribution is 2.47. The summed E-state index contributed by atoms with van der Waals surface area (Å²) < 4.78 is 0. The molecule has 1 heterocycles. The van der Waals surface area contributed by atoms with E-state index in [9.17, 15) is 14.7 Å². The Morgan fingerprint density at radius 3 is 2.48 bits per heavy atom. The number of benzene rings is 2. The molecule has 1 aliphatic heterocycles. The second kappa shape index (κ2) is 4.40. The molecular weight excluding hydrogens is 266 g/mol. The number of nitrogens with zero attached hydrogens (tertiary/aromatic N) is 1. The van der Waals surface area contributed by atoms with E-state index in [0.717, 1.165) is 16.3 Å². The molecule has 106 valence electrons. The molecule has 0 aromatic heterocycles. The van der Waals surface area contributed by atoms with E-state index in [1.807, 2.05) is 42.5 Å². The lowest BCUT2D eigenvalue weighted by molar-refractivity contribution is -0.143. The van der Waals surface area contributed by atoms with Gasteiger partial charge in [0.05, 0.1) is 24.5 Å². The zero-order chi connectivity index (χ0) is 14.6. The van der Waals surface area contributed by atoms with Gasteiger partial charge in [-0.1, -0.05) is 42.5 Å². The highest BCUT2D eigenvalue weighted by atomic mass is 16.3. The molecule has 3 atom stereocenters. The van der Waals surface area contributed by atoms with Gasteiger partial charge in [0.1, 0.15) is 0 Å². The zero-order valence-corrected chi connectivity index (χ0v) is 11.4. The van der Waals surface area contributed by atoms with Gasteiger partial charge in [-0.05, 0) is 22.8 Å². The number of aliphatic hydroxyl groups excluding tert-OH is 1. The van der Waals surface area contributed by atoms with E-state index in [2.05, 4.69) is 0 Å². The summed E-state index contributed by atoms with van der Waals surface area (Å²) in [6.07, 6.45) is -0.153. The monoisotopic (exact) mass is 281 g/mol. The number of likely N-dealkylation sites (tertiary alicyclic amines) is 1. The van der Waals surface area contributed by atoms with Gasteiger partial charge in [0, 0.05) is 0 Å². The van der Waals surface area contributed by atoms with Gasteiger partial charge in [-0.2, -0.15) is 0 Å². The van der Waals surface area contributed by atoms with Crippen LogP contribution in [0, 0.1) is 11.8 Å². The highest BCUT2D eigenvalue weighted by molar-refractivity contribution is 6.08. The van der Waals surface area contributed by atoms with E-state index < -0.39 is 6.10 Å². The van der Waals surface area contributed by atoms with Crippen molar-refractivity contribution >= 4 is 22.6 Å². The second-order valence-electron chi connectivity index (χ2n) is 5.82. The Morgan fingerprint density at radius 2 is 1.71 bits per heavy atom. The third-order valence-corrected chi connectivity index (χ3v) is 4.49. The van der Waals surface area contributed by atoms with Crippen LogP contribution in [0.4, 0.5) is 0 Å². The SMILES string of the molecule is O=C1C2CC2C(=O)N1CC(O)c1cccc2ccccc12. The minimum atomic E-state index is -0.846. The normalized spacial score (nSPS) is 25.3. The number of amides is 2. The molecule has 2 aromatic rings. The maximum atomic E-state index is 12.0. The first-order valence-corrected chi connectivity index (χ1v) is 7.18. The third-order valence-electron chi connectivity index (χ3n) is 4.49. The van der Waals surface area contributed by atoms with Gasteiger partial charge in [-0.3, -0.25) is 14.5 Å². The van der Waals surface area contributed by atoms with Gasteiger partial charge in [-0.25, -0.2) is 0 Å². The Bertz CT molecular complexity index is 729. The van der Waals surface area contributed by atoms with Crippen molar-refractivity contribution in [1.82, 2.24) is 4.90 Å². The fourth-order valence-corrected chi connectivity index (χ4v) is 3.24. The van der Waals surface area contributed by atoms with Crippen LogP contribution < -0.4 is 0 Å². The maximum Gasteiger partial charge on any atom is 0.233 e. The average molecular weight is 281 g/mol. The molecule has 4 heteroatoms. The summed E-state index contributed by atoms with van der Waals surface area (Å²) in [5, 5.41) is 12.5. The summed E-state index contributed by atoms with van der Waals surface area (Å²) in [5.41, 5.74) is 0.759. The Labute approximate surface area is 122 Å². The van der Waals surface area contributed by atoms with E-state index >= 15 is 0 Å². The lowest BCUT2D eigenvalue weighted by atomic mass is 10.00. The van der Waals surface area contributed by atoms with Crippen LogP contribution in [0.25, 0.3) is 10.8 Å². The van der Waals surface area contributed by atoms with E-state index in [0.29, 0.717) is 6.42 Å². The number of imide groups is 1. The summed E-state index contributed by atoms with van der Waals surface area (Å²) in [7, 11) is 0. The first kappa shape index (κ1) is 12.5. The number of hydrogen-bond donors (Lipinski definition) is 1. The maximum absolute atomic E-state index is 12.0. The predicted octanol–water partition coefficient (Wildman–Crippen LogP) is 1.88. The number of carbonyl (C=O) groups is 2. The van der Waals surface area contributed by atoms with Crippen LogP contribution in [-0.4, -0.2) is 28.4 Å². The quantitative estimate of drug-likeness (QED) is 0.874. The van der Waals surface area contributed by atoms with Gasteiger partial charge < -0.3 is 5.11 Å². The fraction of sp³-hybridized carbons (Fsp3) is 0.294. The molecule has 2 aromatic carbocycles. The Hall–Kier alpha value is -2.20. The Morgan fingerprint density at radius 1 is 1.05 bits per heavy atom. The lowest BCUT2D eigenvalue weighted by Gasteiger charge is -2.21. The van der Waals surface area contributed by atoms with Gasteiger partial charge in [0.25, 0.3) is 0 Å². The molecule has 1 saturated heterocycles. The van der Waals surface area contributed by atoms with Crippen molar-refractivity contribution in [3.05, 3.63) is 48.0 Å². The third kappa shape index (κ3) is 1.87. The Balaban J connectivity index is 1.64. The standard InChI is InChI=1S/C17H15NO3/c19-15(9-18-16(20)13-8-14(13)17(18)21)12-7-3-5-10-4-1-2-6-11(10)12/h1-7,13-15,19H,8-9H2. The van der Waals surface area contributed by atoms with Crippen molar-refractivity contribution in [2.75, 3.05) is 6.54 Å². The molecule has 0 spiro atoms. The van der Waals surface area contributed by atoms with Crippen molar-refractivity contribution in [2.24, 2.45) is 11.8 Å². The molecule has 0 radical (unpaired) electrons. The first-order chi connectivity index (χ1) is 10.2. The molecule has 2 aliphatic rings. The molecule has 2 amide bonds. The van der Waals surface area contributed by atoms with E-state index in [4.69, 9.17) is 0 Å². The lowest BCUT2D eigenvalue weighted by Crippen LogP contribution is -2.36. The Kier molecular flexibility index (Phi) is 2.62. The second-order valence-corrected chi connectivity index (χ2v) is 5.82. The summed E-state index contributed by atoms with van der Waals surface area (Å²) in [4.78, 5) is 25.2. The van der Waals surface area contributed by atoms with Crippen molar-refractivity contribution in [3.63, 3.8) is 0 Å². The molecule has 4 nitrogen and oxygen atoms in total. The fourth-order valence-electron chi connectivity index (χ4n) is 3.24. The molecule has 1 N–H and O–H groups in total. The largest absolute Gasteiger partial charge is 0.387 e. The van der Waals surface area contributed by atoms with E-state index in [1.165, 1.54) is 4.90 Å². The number of hydrogen-bond acceptors (Lipinski definition) is 3. The number of piperidine rings is 1. The number of carbonyl (C=O) groups excluding carboxylic acids is 2. The molecule has 2 fully saturated rings.